The molecule has 16 heavy (non-hydrogen) atoms. The fourth-order valence-corrected chi connectivity index (χ4v) is 2.70. The summed E-state index contributed by atoms with van der Waals surface area (Å²) in [6.07, 6.45) is 2.97. The summed E-state index contributed by atoms with van der Waals surface area (Å²) in [5.41, 5.74) is 0.959. The second kappa shape index (κ2) is 6.63. The van der Waals surface area contributed by atoms with Crippen LogP contribution in [0.5, 0.6) is 0 Å². The van der Waals surface area contributed by atoms with E-state index in [0.717, 1.165) is 24.8 Å². The molecule has 0 amide bonds. The second-order valence-corrected chi connectivity index (χ2v) is 5.86. The van der Waals surface area contributed by atoms with Gasteiger partial charge < -0.3 is 0 Å². The average Bonchev–Trinajstić information content (AvgIpc) is 2.26. The zero-order valence-corrected chi connectivity index (χ0v) is 10.6. The molecule has 0 aromatic heterocycles. The lowest BCUT2D eigenvalue weighted by atomic mass is 10.1. The number of aryl methyl sites for hydroxylation is 1. The third-order valence-corrected chi connectivity index (χ3v) is 4.32. The summed E-state index contributed by atoms with van der Waals surface area (Å²) in [4.78, 5) is 0.515. The molecule has 0 aliphatic heterocycles. The highest BCUT2D eigenvalue weighted by Gasteiger charge is 2.14. The van der Waals surface area contributed by atoms with Gasteiger partial charge in [-0.15, -0.1) is 0 Å². The van der Waals surface area contributed by atoms with Crippen LogP contribution in [0.2, 0.25) is 0 Å². The van der Waals surface area contributed by atoms with Crippen LogP contribution in [-0.4, -0.2) is 14.2 Å². The number of sulfone groups is 1. The number of rotatable bonds is 5. The molecule has 1 rings (SSSR count). The Bertz CT molecular complexity index is 413. The largest absolute Gasteiger partial charge is 0.269 e. The highest BCUT2D eigenvalue weighted by atomic mass is 32.2. The number of hydrogen-bond donors (Lipinski definition) is 0. The molecule has 0 heterocycles. The van der Waals surface area contributed by atoms with E-state index in [1.165, 1.54) is 0 Å². The minimum atomic E-state index is -3.06. The Morgan fingerprint density at radius 1 is 1.12 bits per heavy atom. The summed E-state index contributed by atoms with van der Waals surface area (Å²) >= 11 is 0. The molecule has 0 atom stereocenters. The van der Waals surface area contributed by atoms with E-state index in [4.69, 9.17) is 0 Å². The Kier molecular flexibility index (Phi) is 6.26. The third kappa shape index (κ3) is 3.59. The van der Waals surface area contributed by atoms with Gasteiger partial charge in [0, 0.05) is 0 Å². The van der Waals surface area contributed by atoms with Gasteiger partial charge in [-0.05, 0) is 24.5 Å². The van der Waals surface area contributed by atoms with Crippen LogP contribution in [0.25, 0.3) is 0 Å². The lowest BCUT2D eigenvalue weighted by Crippen LogP contribution is -2.07. The van der Waals surface area contributed by atoms with Crippen molar-refractivity contribution in [3.8, 4) is 0 Å². The van der Waals surface area contributed by atoms with Crippen LogP contribution in [0, 0.1) is 0 Å². The van der Waals surface area contributed by atoms with Crippen LogP contribution in [0.4, 0.5) is 4.70 Å². The first kappa shape index (κ1) is 15.1. The fourth-order valence-electron chi connectivity index (χ4n) is 1.54. The van der Waals surface area contributed by atoms with Crippen molar-refractivity contribution in [2.75, 3.05) is 5.75 Å². The van der Waals surface area contributed by atoms with E-state index in [1.807, 2.05) is 12.1 Å². The van der Waals surface area contributed by atoms with Crippen LogP contribution in [-0.2, 0) is 16.3 Å². The van der Waals surface area contributed by atoms with Crippen molar-refractivity contribution in [2.45, 2.75) is 38.0 Å². The molecular formula is C12H19FO2S. The van der Waals surface area contributed by atoms with Crippen LogP contribution < -0.4 is 0 Å². The first-order chi connectivity index (χ1) is 7.11. The molecule has 92 valence electrons. The van der Waals surface area contributed by atoms with Gasteiger partial charge >= 0.3 is 0 Å². The Labute approximate surface area is 97.0 Å². The van der Waals surface area contributed by atoms with Gasteiger partial charge in [-0.2, -0.15) is 0 Å². The van der Waals surface area contributed by atoms with E-state index >= 15 is 0 Å². The molecule has 0 aliphatic carbocycles. The first-order valence-electron chi connectivity index (χ1n) is 5.42. The Morgan fingerprint density at radius 2 is 1.75 bits per heavy atom. The third-order valence-electron chi connectivity index (χ3n) is 2.49. The molecule has 2 nitrogen and oxygen atoms in total. The van der Waals surface area contributed by atoms with E-state index in [0.29, 0.717) is 4.90 Å². The maximum atomic E-state index is 11.8. The summed E-state index contributed by atoms with van der Waals surface area (Å²) < 4.78 is 23.6. The first-order valence-corrected chi connectivity index (χ1v) is 7.07. The minimum absolute atomic E-state index is 0. The van der Waals surface area contributed by atoms with Crippen LogP contribution in [0.3, 0.4) is 0 Å². The smallest absolute Gasteiger partial charge is 0.178 e. The Balaban J connectivity index is 0.00000225. The maximum absolute atomic E-state index is 11.8. The van der Waals surface area contributed by atoms with Gasteiger partial charge in [-0.3, -0.25) is 4.70 Å². The van der Waals surface area contributed by atoms with Gasteiger partial charge in [0.15, 0.2) is 9.84 Å². The summed E-state index contributed by atoms with van der Waals surface area (Å²) in [6.45, 7) is 3.79. The van der Waals surface area contributed by atoms with E-state index in [9.17, 15) is 8.42 Å². The van der Waals surface area contributed by atoms with Crippen molar-refractivity contribution in [2.24, 2.45) is 0 Å². The molecule has 0 spiro atoms. The zero-order valence-electron chi connectivity index (χ0n) is 9.77. The summed E-state index contributed by atoms with van der Waals surface area (Å²) in [7, 11) is -3.06. The van der Waals surface area contributed by atoms with Gasteiger partial charge in [0.25, 0.3) is 0 Å². The summed E-state index contributed by atoms with van der Waals surface area (Å²) in [5, 5.41) is 0. The molecule has 4 heteroatoms. The van der Waals surface area contributed by atoms with Crippen molar-refractivity contribution < 1.29 is 13.1 Å². The monoisotopic (exact) mass is 246 g/mol. The van der Waals surface area contributed by atoms with E-state index < -0.39 is 9.84 Å². The average molecular weight is 246 g/mol. The van der Waals surface area contributed by atoms with E-state index in [1.54, 1.807) is 19.1 Å². The van der Waals surface area contributed by atoms with Crippen molar-refractivity contribution in [3.63, 3.8) is 0 Å². The Hall–Kier alpha value is -0.900. The van der Waals surface area contributed by atoms with E-state index in [-0.39, 0.29) is 10.5 Å². The molecule has 0 unspecified atom stereocenters. The zero-order chi connectivity index (χ0) is 11.3. The maximum Gasteiger partial charge on any atom is 0.178 e. The van der Waals surface area contributed by atoms with Gasteiger partial charge in [0.05, 0.1) is 10.6 Å². The SMILES string of the molecule is CCCCc1ccccc1S(=O)(=O)CC.F. The second-order valence-electron chi connectivity index (χ2n) is 3.61. The standard InChI is InChI=1S/C12H18O2S.FH/c1-3-5-8-11-9-6-7-10-12(11)15(13,14)4-2;/h6-7,9-10H,3-5,8H2,1-2H3;1H. The van der Waals surface area contributed by atoms with Crippen molar-refractivity contribution in [3.05, 3.63) is 29.8 Å². The number of benzene rings is 1. The lowest BCUT2D eigenvalue weighted by Gasteiger charge is -2.08. The van der Waals surface area contributed by atoms with Gasteiger partial charge in [0.2, 0.25) is 0 Å². The lowest BCUT2D eigenvalue weighted by molar-refractivity contribution is 0.595. The summed E-state index contributed by atoms with van der Waals surface area (Å²) in [6, 6.07) is 7.32. The summed E-state index contributed by atoms with van der Waals surface area (Å²) in [5.74, 6) is 0.177. The van der Waals surface area contributed by atoms with Crippen LogP contribution in [0.1, 0.15) is 32.3 Å². The van der Waals surface area contributed by atoms with Crippen LogP contribution in [0.15, 0.2) is 29.2 Å². The topological polar surface area (TPSA) is 34.1 Å². The number of halogens is 1. The van der Waals surface area contributed by atoms with Crippen molar-refractivity contribution in [1.82, 2.24) is 0 Å². The van der Waals surface area contributed by atoms with Crippen molar-refractivity contribution in [1.29, 1.82) is 0 Å². The molecule has 0 saturated heterocycles. The number of unbranched alkanes of at least 4 members (excludes halogenated alkanes) is 1. The molecule has 1 aromatic carbocycles. The van der Waals surface area contributed by atoms with Gasteiger partial charge in [-0.1, -0.05) is 38.5 Å². The predicted octanol–water partition coefficient (Wildman–Crippen LogP) is 2.98. The molecule has 0 saturated carbocycles. The minimum Gasteiger partial charge on any atom is -0.269 e. The highest BCUT2D eigenvalue weighted by Crippen LogP contribution is 2.18. The van der Waals surface area contributed by atoms with Gasteiger partial charge in [0.1, 0.15) is 0 Å². The molecule has 0 fully saturated rings. The molecule has 0 bridgehead atoms. The molecule has 0 aliphatic rings. The van der Waals surface area contributed by atoms with E-state index in [2.05, 4.69) is 6.92 Å². The molecule has 1 aromatic rings. The van der Waals surface area contributed by atoms with Crippen LogP contribution >= 0.6 is 0 Å². The highest BCUT2D eigenvalue weighted by molar-refractivity contribution is 7.91. The quantitative estimate of drug-likeness (QED) is 0.800. The normalized spacial score (nSPS) is 10.9. The Morgan fingerprint density at radius 3 is 2.31 bits per heavy atom. The molecule has 0 N–H and O–H groups in total. The molecule has 0 radical (unpaired) electrons. The van der Waals surface area contributed by atoms with Crippen molar-refractivity contribution >= 4 is 9.84 Å². The molecular weight excluding hydrogens is 227 g/mol. The fraction of sp³-hybridized carbons (Fsp3) is 0.500. The predicted molar refractivity (Wildman–Crippen MR) is 65.3 cm³/mol. The van der Waals surface area contributed by atoms with Gasteiger partial charge in [-0.25, -0.2) is 8.42 Å². The number of hydrogen-bond acceptors (Lipinski definition) is 2.